The van der Waals surface area contributed by atoms with Crippen molar-refractivity contribution in [2.75, 3.05) is 0 Å². The number of hydrogen-bond donors (Lipinski definition) is 2. The molecule has 1 aromatic heterocycles. The lowest BCUT2D eigenvalue weighted by atomic mass is 9.65. The minimum Gasteiger partial charge on any atom is -0.368 e. The molecule has 1 aliphatic carbocycles. The molecule has 1 atom stereocenters. The van der Waals surface area contributed by atoms with Crippen LogP contribution in [0, 0.1) is 0 Å². The second kappa shape index (κ2) is 8.82. The fourth-order valence-corrected chi connectivity index (χ4v) is 5.84. The van der Waals surface area contributed by atoms with Gasteiger partial charge in [0.2, 0.25) is 15.9 Å². The second-order valence-electron chi connectivity index (χ2n) is 8.56. The van der Waals surface area contributed by atoms with E-state index >= 15 is 0 Å². The van der Waals surface area contributed by atoms with Gasteiger partial charge in [-0.1, -0.05) is 25.3 Å². The largest absolute Gasteiger partial charge is 0.416 e. The number of pyridine rings is 1. The van der Waals surface area contributed by atoms with Gasteiger partial charge in [0.25, 0.3) is 0 Å². The summed E-state index contributed by atoms with van der Waals surface area (Å²) in [5.74, 6) is -0.867. The minimum absolute atomic E-state index is 0.0895. The number of halogens is 3. The Morgan fingerprint density at radius 3 is 2.22 bits per heavy atom. The van der Waals surface area contributed by atoms with Gasteiger partial charge in [-0.05, 0) is 62.6 Å². The molecule has 1 fully saturated rings. The highest BCUT2D eigenvalue weighted by Crippen LogP contribution is 2.44. The van der Waals surface area contributed by atoms with Crippen LogP contribution in [-0.4, -0.2) is 24.8 Å². The van der Waals surface area contributed by atoms with Crippen LogP contribution in [0.15, 0.2) is 53.6 Å². The number of primary amides is 1. The predicted molar refractivity (Wildman–Crippen MR) is 113 cm³/mol. The number of alkyl halides is 3. The average molecular weight is 470 g/mol. The summed E-state index contributed by atoms with van der Waals surface area (Å²) < 4.78 is 66.8. The fraction of sp³-hybridized carbons (Fsp3) is 0.455. The van der Waals surface area contributed by atoms with Crippen LogP contribution in [0.5, 0.6) is 0 Å². The molecule has 0 spiro atoms. The molecular formula is C22H26F3N3O3S. The fourth-order valence-electron chi connectivity index (χ4n) is 4.46. The zero-order chi connectivity index (χ0) is 23.6. The van der Waals surface area contributed by atoms with Crippen molar-refractivity contribution in [3.8, 4) is 0 Å². The predicted octanol–water partition coefficient (Wildman–Crippen LogP) is 3.91. The number of hydrogen-bond acceptors (Lipinski definition) is 4. The topological polar surface area (TPSA) is 102 Å². The summed E-state index contributed by atoms with van der Waals surface area (Å²) >= 11 is 0. The Balaban J connectivity index is 1.94. The first-order valence-electron chi connectivity index (χ1n) is 10.3. The molecule has 1 unspecified atom stereocenters. The molecule has 3 N–H and O–H groups in total. The lowest BCUT2D eigenvalue weighted by Gasteiger charge is -2.42. The molecule has 3 rings (SSSR count). The molecule has 0 aliphatic heterocycles. The maximum atomic E-state index is 13.0. The maximum absolute atomic E-state index is 13.0. The van der Waals surface area contributed by atoms with Gasteiger partial charge in [0.05, 0.1) is 10.5 Å². The van der Waals surface area contributed by atoms with Gasteiger partial charge in [-0.3, -0.25) is 9.78 Å². The molecule has 1 saturated carbocycles. The van der Waals surface area contributed by atoms with E-state index < -0.39 is 38.6 Å². The second-order valence-corrected chi connectivity index (χ2v) is 10.2. The van der Waals surface area contributed by atoms with Gasteiger partial charge in [0.1, 0.15) is 5.54 Å². The van der Waals surface area contributed by atoms with Gasteiger partial charge in [-0.2, -0.15) is 17.9 Å². The summed E-state index contributed by atoms with van der Waals surface area (Å²) in [6.07, 6.45) is 1.41. The van der Waals surface area contributed by atoms with Crippen molar-refractivity contribution in [1.29, 1.82) is 0 Å². The number of nitrogens with zero attached hydrogens (tertiary/aromatic N) is 1. The van der Waals surface area contributed by atoms with Gasteiger partial charge in [-0.25, -0.2) is 8.42 Å². The Bertz CT molecular complexity index is 1050. The Hall–Kier alpha value is -2.46. The Morgan fingerprint density at radius 2 is 1.72 bits per heavy atom. The molecule has 174 valence electrons. The van der Waals surface area contributed by atoms with E-state index in [-0.39, 0.29) is 11.3 Å². The normalized spacial score (nSPS) is 18.6. The van der Waals surface area contributed by atoms with E-state index in [2.05, 4.69) is 9.71 Å². The summed E-state index contributed by atoms with van der Waals surface area (Å²) in [6, 6.07) is 8.58. The van der Waals surface area contributed by atoms with E-state index in [1.54, 1.807) is 12.3 Å². The lowest BCUT2D eigenvalue weighted by Crippen LogP contribution is -2.58. The molecule has 10 heteroatoms. The number of carbonyl (C=O) groups is 1. The Labute approximate surface area is 185 Å². The number of sulfonamides is 1. The molecule has 0 saturated heterocycles. The summed E-state index contributed by atoms with van der Waals surface area (Å²) in [5, 5.41) is 0. The van der Waals surface area contributed by atoms with Gasteiger partial charge < -0.3 is 5.73 Å². The van der Waals surface area contributed by atoms with Gasteiger partial charge >= 0.3 is 6.18 Å². The Kier molecular flexibility index (Phi) is 6.67. The lowest BCUT2D eigenvalue weighted by molar-refractivity contribution is -0.137. The number of nitrogens with one attached hydrogen (secondary N) is 1. The van der Waals surface area contributed by atoms with Crippen molar-refractivity contribution >= 4 is 15.9 Å². The van der Waals surface area contributed by atoms with Crippen LogP contribution in [0.1, 0.15) is 56.7 Å². The van der Waals surface area contributed by atoms with Crippen molar-refractivity contribution in [2.45, 2.75) is 67.5 Å². The zero-order valence-corrected chi connectivity index (χ0v) is 18.5. The van der Waals surface area contributed by atoms with E-state index in [0.717, 1.165) is 49.9 Å². The molecule has 32 heavy (non-hydrogen) atoms. The third-order valence-corrected chi connectivity index (χ3v) is 7.72. The first kappa shape index (κ1) is 24.2. The van der Waals surface area contributed by atoms with Crippen LogP contribution in [0.25, 0.3) is 0 Å². The highest BCUT2D eigenvalue weighted by molar-refractivity contribution is 7.89. The van der Waals surface area contributed by atoms with Crippen molar-refractivity contribution in [3.05, 3.63) is 59.9 Å². The van der Waals surface area contributed by atoms with Crippen LogP contribution in [0.4, 0.5) is 13.2 Å². The maximum Gasteiger partial charge on any atom is 0.416 e. The summed E-state index contributed by atoms with van der Waals surface area (Å²) in [4.78, 5) is 16.6. The molecule has 6 nitrogen and oxygen atoms in total. The van der Waals surface area contributed by atoms with Crippen molar-refractivity contribution in [2.24, 2.45) is 5.73 Å². The molecule has 1 aromatic carbocycles. The van der Waals surface area contributed by atoms with Crippen LogP contribution in [0.3, 0.4) is 0 Å². The Morgan fingerprint density at radius 1 is 1.09 bits per heavy atom. The van der Waals surface area contributed by atoms with Gasteiger partial charge in [0, 0.05) is 17.3 Å². The first-order valence-corrected chi connectivity index (χ1v) is 11.8. The zero-order valence-electron chi connectivity index (χ0n) is 17.7. The molecule has 1 heterocycles. The van der Waals surface area contributed by atoms with Crippen molar-refractivity contribution in [3.63, 3.8) is 0 Å². The van der Waals surface area contributed by atoms with Crippen LogP contribution < -0.4 is 10.5 Å². The quantitative estimate of drug-likeness (QED) is 0.642. The van der Waals surface area contributed by atoms with Gasteiger partial charge in [0.15, 0.2) is 0 Å². The summed E-state index contributed by atoms with van der Waals surface area (Å²) in [7, 11) is -4.32. The highest BCUT2D eigenvalue weighted by Gasteiger charge is 2.46. The van der Waals surface area contributed by atoms with Gasteiger partial charge in [-0.15, -0.1) is 0 Å². The average Bonchev–Trinajstić information content (AvgIpc) is 2.74. The molecule has 1 amide bonds. The molecule has 0 radical (unpaired) electrons. The van der Waals surface area contributed by atoms with E-state index in [0.29, 0.717) is 12.1 Å². The van der Waals surface area contributed by atoms with E-state index in [1.807, 2.05) is 12.1 Å². The molecule has 0 bridgehead atoms. The van der Waals surface area contributed by atoms with Crippen molar-refractivity contribution < 1.29 is 26.4 Å². The number of aromatic nitrogens is 1. The smallest absolute Gasteiger partial charge is 0.368 e. The van der Waals surface area contributed by atoms with E-state index in [4.69, 9.17) is 5.73 Å². The third kappa shape index (κ3) is 5.12. The summed E-state index contributed by atoms with van der Waals surface area (Å²) in [6.45, 7) is 1.41. The number of nitrogens with two attached hydrogens (primary N) is 1. The molecule has 1 aliphatic rings. The highest BCUT2D eigenvalue weighted by atomic mass is 32.2. The SMILES string of the molecule is CC(CC1(c2ccccn2)CCCCC1)(NS(=O)(=O)c1ccc(C(F)(F)F)cc1)C(N)=O. The monoisotopic (exact) mass is 469 g/mol. The van der Waals surface area contributed by atoms with Crippen LogP contribution in [0.2, 0.25) is 0 Å². The van der Waals surface area contributed by atoms with Crippen LogP contribution in [-0.2, 0) is 26.4 Å². The van der Waals surface area contributed by atoms with Crippen LogP contribution >= 0.6 is 0 Å². The van der Waals surface area contributed by atoms with Crippen molar-refractivity contribution in [1.82, 2.24) is 9.71 Å². The number of carbonyl (C=O) groups excluding carboxylic acids is 1. The number of amides is 1. The molecular weight excluding hydrogens is 443 g/mol. The summed E-state index contributed by atoms with van der Waals surface area (Å²) in [5.41, 5.74) is 3.23. The number of rotatable bonds is 7. The minimum atomic E-state index is -4.59. The van der Waals surface area contributed by atoms with E-state index in [1.165, 1.54) is 6.92 Å². The number of benzene rings is 1. The molecule has 2 aromatic rings. The third-order valence-electron chi connectivity index (χ3n) is 6.11. The standard InChI is InChI=1S/C22H26F3N3O3S/c1-20(19(26)29,15-21(12-4-2-5-13-21)18-7-3-6-14-27-18)28-32(30,31)17-10-8-16(9-11-17)22(23,24)25/h3,6-11,14,28H,2,4-5,12-13,15H2,1H3,(H2,26,29). The first-order chi connectivity index (χ1) is 14.9. The van der Waals surface area contributed by atoms with E-state index in [9.17, 15) is 26.4 Å².